The van der Waals surface area contributed by atoms with Gasteiger partial charge in [0.2, 0.25) is 0 Å². The molecule has 0 radical (unpaired) electrons. The van der Waals surface area contributed by atoms with E-state index in [9.17, 15) is 13.2 Å². The minimum atomic E-state index is -1.48. The summed E-state index contributed by atoms with van der Waals surface area (Å²) in [7, 11) is 0. The van der Waals surface area contributed by atoms with Crippen LogP contribution in [0.4, 0.5) is 24.7 Å². The minimum Gasteiger partial charge on any atom is -0.486 e. The molecular weight excluding hydrogens is 283 g/mol. The Bertz CT molecular complexity index is 670. The zero-order valence-corrected chi connectivity index (χ0v) is 11.2. The molecule has 4 nitrogen and oxygen atoms in total. The smallest absolute Gasteiger partial charge is 0.194 e. The average molecular weight is 295 g/mol. The van der Waals surface area contributed by atoms with Crippen molar-refractivity contribution in [1.82, 2.24) is 9.97 Å². The standard InChI is InChI=1S/C14H12F3N3O/c1-2-12-18-7-11-14(19-12)20(3-4-21-11)8-5-9(15)13(17)10(16)6-8/h5-7H,2-4H2,1H3. The van der Waals surface area contributed by atoms with Gasteiger partial charge in [-0.1, -0.05) is 6.92 Å². The lowest BCUT2D eigenvalue weighted by Gasteiger charge is -2.30. The summed E-state index contributed by atoms with van der Waals surface area (Å²) in [6.07, 6.45) is 2.15. The molecule has 0 spiro atoms. The Morgan fingerprint density at radius 3 is 2.62 bits per heavy atom. The van der Waals surface area contributed by atoms with Crippen LogP contribution < -0.4 is 9.64 Å². The molecule has 3 rings (SSSR count). The average Bonchev–Trinajstić information content (AvgIpc) is 2.51. The Morgan fingerprint density at radius 2 is 1.95 bits per heavy atom. The molecule has 0 atom stereocenters. The molecule has 0 aliphatic carbocycles. The van der Waals surface area contributed by atoms with Crippen LogP contribution in [-0.2, 0) is 6.42 Å². The van der Waals surface area contributed by atoms with Crippen LogP contribution in [0.25, 0.3) is 0 Å². The molecule has 0 unspecified atom stereocenters. The van der Waals surface area contributed by atoms with Gasteiger partial charge in [-0.15, -0.1) is 0 Å². The van der Waals surface area contributed by atoms with Crippen molar-refractivity contribution < 1.29 is 17.9 Å². The Balaban J connectivity index is 2.09. The number of hydrogen-bond donors (Lipinski definition) is 0. The van der Waals surface area contributed by atoms with Crippen molar-refractivity contribution in [2.24, 2.45) is 0 Å². The van der Waals surface area contributed by atoms with E-state index in [1.54, 1.807) is 4.90 Å². The van der Waals surface area contributed by atoms with Crippen molar-refractivity contribution >= 4 is 11.5 Å². The summed E-state index contributed by atoms with van der Waals surface area (Å²) in [5.41, 5.74) is 0.191. The highest BCUT2D eigenvalue weighted by Gasteiger charge is 2.24. The van der Waals surface area contributed by atoms with Crippen LogP contribution in [0.15, 0.2) is 18.3 Å². The lowest BCUT2D eigenvalue weighted by atomic mass is 10.2. The van der Waals surface area contributed by atoms with E-state index in [4.69, 9.17) is 4.74 Å². The molecule has 21 heavy (non-hydrogen) atoms. The van der Waals surface area contributed by atoms with E-state index in [0.29, 0.717) is 37.0 Å². The Morgan fingerprint density at radius 1 is 1.24 bits per heavy atom. The van der Waals surface area contributed by atoms with E-state index in [-0.39, 0.29) is 5.69 Å². The number of aryl methyl sites for hydroxylation is 1. The van der Waals surface area contributed by atoms with Gasteiger partial charge in [-0.25, -0.2) is 23.1 Å². The van der Waals surface area contributed by atoms with E-state index >= 15 is 0 Å². The van der Waals surface area contributed by atoms with Gasteiger partial charge in [0, 0.05) is 24.2 Å². The van der Waals surface area contributed by atoms with Crippen LogP contribution >= 0.6 is 0 Å². The lowest BCUT2D eigenvalue weighted by Crippen LogP contribution is -2.30. The first-order chi connectivity index (χ1) is 10.1. The zero-order valence-electron chi connectivity index (χ0n) is 11.2. The summed E-state index contributed by atoms with van der Waals surface area (Å²) in [6.45, 7) is 2.58. The third kappa shape index (κ3) is 2.39. The predicted molar refractivity (Wildman–Crippen MR) is 70.2 cm³/mol. The number of benzene rings is 1. The maximum atomic E-state index is 13.4. The van der Waals surface area contributed by atoms with E-state index < -0.39 is 17.5 Å². The van der Waals surface area contributed by atoms with Crippen LogP contribution in [0.2, 0.25) is 0 Å². The first-order valence-electron chi connectivity index (χ1n) is 6.51. The van der Waals surface area contributed by atoms with Gasteiger partial charge in [0.15, 0.2) is 29.0 Å². The van der Waals surface area contributed by atoms with Crippen molar-refractivity contribution in [1.29, 1.82) is 0 Å². The molecule has 1 aliphatic heterocycles. The molecule has 0 saturated carbocycles. The fourth-order valence-electron chi connectivity index (χ4n) is 2.16. The number of ether oxygens (including phenoxy) is 1. The Kier molecular flexibility index (Phi) is 3.40. The van der Waals surface area contributed by atoms with Gasteiger partial charge in [-0.2, -0.15) is 0 Å². The van der Waals surface area contributed by atoms with Crippen molar-refractivity contribution in [3.63, 3.8) is 0 Å². The second kappa shape index (κ2) is 5.23. The molecule has 7 heteroatoms. The first kappa shape index (κ1) is 13.7. The molecule has 1 aromatic carbocycles. The molecule has 1 aliphatic rings. The molecule has 110 valence electrons. The van der Waals surface area contributed by atoms with Crippen LogP contribution in [0.5, 0.6) is 5.75 Å². The van der Waals surface area contributed by atoms with Crippen LogP contribution in [0, 0.1) is 17.5 Å². The van der Waals surface area contributed by atoms with Crippen molar-refractivity contribution in [2.45, 2.75) is 13.3 Å². The van der Waals surface area contributed by atoms with Crippen molar-refractivity contribution in [3.8, 4) is 5.75 Å². The second-order valence-corrected chi connectivity index (χ2v) is 4.55. The Hall–Kier alpha value is -2.31. The van der Waals surface area contributed by atoms with Gasteiger partial charge in [0.1, 0.15) is 12.4 Å². The van der Waals surface area contributed by atoms with E-state index in [1.165, 1.54) is 6.20 Å². The predicted octanol–water partition coefficient (Wildman–Crippen LogP) is 2.99. The summed E-state index contributed by atoms with van der Waals surface area (Å²) < 4.78 is 45.3. The minimum absolute atomic E-state index is 0.191. The van der Waals surface area contributed by atoms with Crippen LogP contribution in [-0.4, -0.2) is 23.1 Å². The monoisotopic (exact) mass is 295 g/mol. The number of fused-ring (bicyclic) bond motifs is 1. The van der Waals surface area contributed by atoms with Gasteiger partial charge >= 0.3 is 0 Å². The third-order valence-corrected chi connectivity index (χ3v) is 3.21. The highest BCUT2D eigenvalue weighted by molar-refractivity contribution is 5.66. The molecular formula is C14H12F3N3O. The fraction of sp³-hybridized carbons (Fsp3) is 0.286. The van der Waals surface area contributed by atoms with Gasteiger partial charge in [-0.05, 0) is 0 Å². The number of anilines is 2. The highest BCUT2D eigenvalue weighted by Crippen LogP contribution is 2.35. The number of hydrogen-bond acceptors (Lipinski definition) is 4. The van der Waals surface area contributed by atoms with E-state index in [2.05, 4.69) is 9.97 Å². The largest absolute Gasteiger partial charge is 0.486 e. The number of halogens is 3. The quantitative estimate of drug-likeness (QED) is 0.798. The van der Waals surface area contributed by atoms with Crippen LogP contribution in [0.3, 0.4) is 0 Å². The van der Waals surface area contributed by atoms with E-state index in [1.807, 2.05) is 6.92 Å². The summed E-state index contributed by atoms with van der Waals surface area (Å²) in [5, 5.41) is 0. The van der Waals surface area contributed by atoms with Crippen molar-refractivity contribution in [2.75, 3.05) is 18.1 Å². The molecule has 0 amide bonds. The molecule has 0 fully saturated rings. The summed E-state index contributed by atoms with van der Waals surface area (Å²) in [4.78, 5) is 10.0. The Labute approximate surface area is 119 Å². The van der Waals surface area contributed by atoms with Gasteiger partial charge < -0.3 is 9.64 Å². The normalized spacial score (nSPS) is 13.8. The summed E-state index contributed by atoms with van der Waals surface area (Å²) in [5.74, 6) is -2.50. The molecule has 2 aromatic rings. The number of rotatable bonds is 2. The first-order valence-corrected chi connectivity index (χ1v) is 6.51. The van der Waals surface area contributed by atoms with Gasteiger partial charge in [-0.3, -0.25) is 0 Å². The lowest BCUT2D eigenvalue weighted by molar-refractivity contribution is 0.309. The summed E-state index contributed by atoms with van der Waals surface area (Å²) in [6, 6.07) is 1.89. The molecule has 0 N–H and O–H groups in total. The molecule has 1 aromatic heterocycles. The number of nitrogens with zero attached hydrogens (tertiary/aromatic N) is 3. The van der Waals surface area contributed by atoms with Crippen LogP contribution in [0.1, 0.15) is 12.7 Å². The molecule has 2 heterocycles. The fourth-order valence-corrected chi connectivity index (χ4v) is 2.16. The van der Waals surface area contributed by atoms with Gasteiger partial charge in [0.25, 0.3) is 0 Å². The topological polar surface area (TPSA) is 38.2 Å². The SMILES string of the molecule is CCc1ncc2c(n1)N(c1cc(F)c(F)c(F)c1)CCO2. The molecule has 0 bridgehead atoms. The van der Waals surface area contributed by atoms with Gasteiger partial charge in [0.05, 0.1) is 12.7 Å². The maximum absolute atomic E-state index is 13.4. The summed E-state index contributed by atoms with van der Waals surface area (Å²) >= 11 is 0. The van der Waals surface area contributed by atoms with Crippen molar-refractivity contribution in [3.05, 3.63) is 41.6 Å². The highest BCUT2D eigenvalue weighted by atomic mass is 19.2. The second-order valence-electron chi connectivity index (χ2n) is 4.55. The van der Waals surface area contributed by atoms with E-state index in [0.717, 1.165) is 12.1 Å². The zero-order chi connectivity index (χ0) is 15.0. The maximum Gasteiger partial charge on any atom is 0.194 e. The molecule has 0 saturated heterocycles. The number of aromatic nitrogens is 2. The third-order valence-electron chi connectivity index (χ3n) is 3.21.